The predicted octanol–water partition coefficient (Wildman–Crippen LogP) is 2.02. The van der Waals surface area contributed by atoms with Gasteiger partial charge in [-0.25, -0.2) is 8.78 Å². The first-order valence-corrected chi connectivity index (χ1v) is 7.43. The molecule has 0 aliphatic carbocycles. The number of anilines is 2. The Bertz CT molecular complexity index is 855. The molecule has 0 spiro atoms. The highest BCUT2D eigenvalue weighted by molar-refractivity contribution is 6.44. The number of nitrogens with zero attached hydrogens (tertiary/aromatic N) is 2. The first kappa shape index (κ1) is 16.6. The standard InChI is InChI=1S/C17H14F2N4O2/c18-10-6-7-13(12(19)8-10)21-17(25)14-9-15(16(20)24)23(22-14)11-4-2-1-3-5-11/h1-8,15H,9H2,(H2,20,24)(H,21,25). The Morgan fingerprint density at radius 2 is 1.88 bits per heavy atom. The summed E-state index contributed by atoms with van der Waals surface area (Å²) in [5.41, 5.74) is 5.84. The number of para-hydroxylation sites is 1. The Hall–Kier alpha value is -3.29. The quantitative estimate of drug-likeness (QED) is 0.889. The molecular formula is C17H14F2N4O2. The fraction of sp³-hybridized carbons (Fsp3) is 0.118. The first-order chi connectivity index (χ1) is 12.0. The van der Waals surface area contributed by atoms with Crippen molar-refractivity contribution in [2.75, 3.05) is 10.3 Å². The van der Waals surface area contributed by atoms with Crippen LogP contribution in [0.5, 0.6) is 0 Å². The molecule has 2 amide bonds. The zero-order chi connectivity index (χ0) is 18.0. The van der Waals surface area contributed by atoms with Crippen LogP contribution < -0.4 is 16.1 Å². The lowest BCUT2D eigenvalue weighted by atomic mass is 10.1. The summed E-state index contributed by atoms with van der Waals surface area (Å²) in [4.78, 5) is 24.0. The van der Waals surface area contributed by atoms with Crippen LogP contribution in [0.1, 0.15) is 6.42 Å². The number of rotatable bonds is 4. The zero-order valence-electron chi connectivity index (χ0n) is 12.9. The van der Waals surface area contributed by atoms with Crippen molar-refractivity contribution in [2.45, 2.75) is 12.5 Å². The maximum Gasteiger partial charge on any atom is 0.272 e. The summed E-state index contributed by atoms with van der Waals surface area (Å²) in [7, 11) is 0. The summed E-state index contributed by atoms with van der Waals surface area (Å²) in [6, 6.07) is 10.7. The predicted molar refractivity (Wildman–Crippen MR) is 88.9 cm³/mol. The summed E-state index contributed by atoms with van der Waals surface area (Å²) in [5, 5.41) is 7.82. The third-order valence-electron chi connectivity index (χ3n) is 3.70. The minimum Gasteiger partial charge on any atom is -0.368 e. The van der Waals surface area contributed by atoms with Crippen molar-refractivity contribution in [2.24, 2.45) is 10.8 Å². The molecule has 0 fully saturated rings. The van der Waals surface area contributed by atoms with Gasteiger partial charge in [0, 0.05) is 12.5 Å². The van der Waals surface area contributed by atoms with Crippen LogP contribution in [0.2, 0.25) is 0 Å². The van der Waals surface area contributed by atoms with Gasteiger partial charge < -0.3 is 11.1 Å². The average molecular weight is 344 g/mol. The Labute approximate surface area is 141 Å². The molecule has 0 bridgehead atoms. The second kappa shape index (κ2) is 6.68. The van der Waals surface area contributed by atoms with E-state index in [9.17, 15) is 18.4 Å². The number of hydrogen-bond donors (Lipinski definition) is 2. The number of nitrogens with one attached hydrogen (secondary N) is 1. The number of primary amides is 1. The number of halogens is 2. The van der Waals surface area contributed by atoms with Gasteiger partial charge in [-0.15, -0.1) is 0 Å². The van der Waals surface area contributed by atoms with E-state index in [1.165, 1.54) is 5.01 Å². The Morgan fingerprint density at radius 3 is 2.52 bits per heavy atom. The van der Waals surface area contributed by atoms with Crippen LogP contribution in [-0.4, -0.2) is 23.6 Å². The first-order valence-electron chi connectivity index (χ1n) is 7.43. The molecule has 0 radical (unpaired) electrons. The molecule has 1 unspecified atom stereocenters. The van der Waals surface area contributed by atoms with Crippen molar-refractivity contribution in [3.8, 4) is 0 Å². The molecule has 1 aliphatic heterocycles. The van der Waals surface area contributed by atoms with E-state index in [2.05, 4.69) is 10.4 Å². The lowest BCUT2D eigenvalue weighted by Gasteiger charge is -2.20. The van der Waals surface area contributed by atoms with Gasteiger partial charge in [-0.05, 0) is 24.3 Å². The minimum atomic E-state index is -0.904. The molecule has 128 valence electrons. The molecule has 8 heteroatoms. The van der Waals surface area contributed by atoms with E-state index in [-0.39, 0.29) is 17.8 Å². The summed E-state index contributed by atoms with van der Waals surface area (Å²) in [6.07, 6.45) is -0.0150. The van der Waals surface area contributed by atoms with Crippen molar-refractivity contribution in [3.05, 3.63) is 60.2 Å². The largest absolute Gasteiger partial charge is 0.368 e. The lowest BCUT2D eigenvalue weighted by Crippen LogP contribution is -2.39. The van der Waals surface area contributed by atoms with Gasteiger partial charge in [0.1, 0.15) is 23.4 Å². The molecule has 3 N–H and O–H groups in total. The Balaban J connectivity index is 1.84. The number of nitrogens with two attached hydrogens (primary N) is 1. The van der Waals surface area contributed by atoms with E-state index in [4.69, 9.17) is 5.73 Å². The maximum atomic E-state index is 13.7. The Morgan fingerprint density at radius 1 is 1.16 bits per heavy atom. The van der Waals surface area contributed by atoms with E-state index >= 15 is 0 Å². The number of hydrazone groups is 1. The van der Waals surface area contributed by atoms with E-state index < -0.39 is 29.5 Å². The maximum absolute atomic E-state index is 13.7. The molecule has 1 heterocycles. The van der Waals surface area contributed by atoms with Crippen molar-refractivity contribution >= 4 is 28.9 Å². The topological polar surface area (TPSA) is 87.8 Å². The minimum absolute atomic E-state index is 0.0150. The lowest BCUT2D eigenvalue weighted by molar-refractivity contribution is -0.119. The van der Waals surface area contributed by atoms with Crippen molar-refractivity contribution in [3.63, 3.8) is 0 Å². The molecule has 1 aliphatic rings. The molecule has 2 aromatic carbocycles. The molecule has 0 aromatic heterocycles. The fourth-order valence-corrected chi connectivity index (χ4v) is 2.47. The van der Waals surface area contributed by atoms with Gasteiger partial charge in [-0.2, -0.15) is 5.10 Å². The van der Waals surface area contributed by atoms with Gasteiger partial charge in [0.15, 0.2) is 0 Å². The molecule has 1 atom stereocenters. The molecule has 25 heavy (non-hydrogen) atoms. The third-order valence-corrected chi connectivity index (χ3v) is 3.70. The summed E-state index contributed by atoms with van der Waals surface area (Å²) in [5.74, 6) is -2.98. The van der Waals surface area contributed by atoms with Gasteiger partial charge in [-0.1, -0.05) is 18.2 Å². The van der Waals surface area contributed by atoms with Crippen LogP contribution in [0.4, 0.5) is 20.2 Å². The highest BCUT2D eigenvalue weighted by atomic mass is 19.1. The van der Waals surface area contributed by atoms with E-state index in [1.807, 2.05) is 0 Å². The average Bonchev–Trinajstić information content (AvgIpc) is 3.04. The van der Waals surface area contributed by atoms with E-state index in [0.717, 1.165) is 12.1 Å². The van der Waals surface area contributed by atoms with Gasteiger partial charge in [0.25, 0.3) is 5.91 Å². The molecule has 2 aromatic rings. The number of carbonyl (C=O) groups excluding carboxylic acids is 2. The van der Waals surface area contributed by atoms with Crippen molar-refractivity contribution in [1.29, 1.82) is 0 Å². The van der Waals surface area contributed by atoms with Crippen molar-refractivity contribution in [1.82, 2.24) is 0 Å². The SMILES string of the molecule is NC(=O)C1CC(C(=O)Nc2ccc(F)cc2F)=NN1c1ccccc1. The molecule has 6 nitrogen and oxygen atoms in total. The van der Waals surface area contributed by atoms with Crippen LogP contribution in [-0.2, 0) is 9.59 Å². The summed E-state index contributed by atoms with van der Waals surface area (Å²) >= 11 is 0. The zero-order valence-corrected chi connectivity index (χ0v) is 12.9. The normalized spacial score (nSPS) is 16.5. The fourth-order valence-electron chi connectivity index (χ4n) is 2.47. The molecule has 0 saturated heterocycles. The molecule has 3 rings (SSSR count). The van der Waals surface area contributed by atoms with Crippen LogP contribution in [0.15, 0.2) is 53.6 Å². The Kier molecular flexibility index (Phi) is 4.42. The van der Waals surface area contributed by atoms with Gasteiger partial charge in [0.05, 0.1) is 11.4 Å². The number of benzene rings is 2. The highest BCUT2D eigenvalue weighted by Crippen LogP contribution is 2.25. The molecular weight excluding hydrogens is 330 g/mol. The smallest absolute Gasteiger partial charge is 0.272 e. The third kappa shape index (κ3) is 3.47. The van der Waals surface area contributed by atoms with Crippen LogP contribution in [0.25, 0.3) is 0 Å². The van der Waals surface area contributed by atoms with Gasteiger partial charge in [-0.3, -0.25) is 14.6 Å². The van der Waals surface area contributed by atoms with Crippen LogP contribution in [0.3, 0.4) is 0 Å². The van der Waals surface area contributed by atoms with E-state index in [1.54, 1.807) is 30.3 Å². The summed E-state index contributed by atoms with van der Waals surface area (Å²) < 4.78 is 26.6. The number of hydrogen-bond acceptors (Lipinski definition) is 4. The van der Waals surface area contributed by atoms with Crippen molar-refractivity contribution < 1.29 is 18.4 Å². The second-order valence-corrected chi connectivity index (χ2v) is 5.43. The van der Waals surface area contributed by atoms with E-state index in [0.29, 0.717) is 11.8 Å². The molecule has 0 saturated carbocycles. The second-order valence-electron chi connectivity index (χ2n) is 5.43. The number of amides is 2. The number of carbonyl (C=O) groups is 2. The van der Waals surface area contributed by atoms with Gasteiger partial charge >= 0.3 is 0 Å². The summed E-state index contributed by atoms with van der Waals surface area (Å²) in [6.45, 7) is 0. The monoisotopic (exact) mass is 344 g/mol. The van der Waals surface area contributed by atoms with Crippen LogP contribution >= 0.6 is 0 Å². The van der Waals surface area contributed by atoms with Gasteiger partial charge in [0.2, 0.25) is 5.91 Å². The van der Waals surface area contributed by atoms with Crippen LogP contribution in [0, 0.1) is 11.6 Å². The highest BCUT2D eigenvalue weighted by Gasteiger charge is 2.35.